The summed E-state index contributed by atoms with van der Waals surface area (Å²) in [6.45, 7) is 11.1. The maximum Gasteiger partial charge on any atom is 0.0490 e. The van der Waals surface area contributed by atoms with Crippen molar-refractivity contribution < 1.29 is 0 Å². The number of piperazine rings is 1. The van der Waals surface area contributed by atoms with Crippen LogP contribution in [0.5, 0.6) is 0 Å². The second-order valence-corrected chi connectivity index (χ2v) is 6.67. The molecule has 1 heterocycles. The van der Waals surface area contributed by atoms with Gasteiger partial charge in [-0.3, -0.25) is 4.90 Å². The second kappa shape index (κ2) is 7.39. The molecule has 3 heteroatoms. The highest BCUT2D eigenvalue weighted by Crippen LogP contribution is 2.25. The van der Waals surface area contributed by atoms with Crippen LogP contribution in [-0.4, -0.2) is 56.1 Å². The van der Waals surface area contributed by atoms with E-state index in [2.05, 4.69) is 74.2 Å². The van der Waals surface area contributed by atoms with Gasteiger partial charge in [0.05, 0.1) is 0 Å². The summed E-state index contributed by atoms with van der Waals surface area (Å²) < 4.78 is 0. The molecule has 3 nitrogen and oxygen atoms in total. The minimum atomic E-state index is 0.406. The van der Waals surface area contributed by atoms with E-state index in [1.54, 1.807) is 0 Å². The van der Waals surface area contributed by atoms with Crippen LogP contribution in [0.3, 0.4) is 0 Å². The van der Waals surface area contributed by atoms with Crippen molar-refractivity contribution >= 4 is 0 Å². The van der Waals surface area contributed by atoms with E-state index in [1.165, 1.54) is 11.1 Å². The van der Waals surface area contributed by atoms with Crippen molar-refractivity contribution in [3.8, 4) is 0 Å². The highest BCUT2D eigenvalue weighted by atomic mass is 15.3. The molecule has 1 aromatic rings. The van der Waals surface area contributed by atoms with Crippen LogP contribution < -0.4 is 5.32 Å². The number of benzene rings is 1. The predicted octanol–water partition coefficient (Wildman–Crippen LogP) is 2.71. The molecule has 118 valence electrons. The van der Waals surface area contributed by atoms with Gasteiger partial charge in [0, 0.05) is 31.7 Å². The lowest BCUT2D eigenvalue weighted by Gasteiger charge is -2.42. The van der Waals surface area contributed by atoms with E-state index < -0.39 is 0 Å². The molecule has 1 aliphatic rings. The Morgan fingerprint density at radius 1 is 1.10 bits per heavy atom. The summed E-state index contributed by atoms with van der Waals surface area (Å²) >= 11 is 0. The van der Waals surface area contributed by atoms with Gasteiger partial charge in [-0.2, -0.15) is 0 Å². The van der Waals surface area contributed by atoms with E-state index in [-0.39, 0.29) is 0 Å². The van der Waals surface area contributed by atoms with Gasteiger partial charge in [0.15, 0.2) is 0 Å². The van der Waals surface area contributed by atoms with Gasteiger partial charge in [0.25, 0.3) is 0 Å². The van der Waals surface area contributed by atoms with E-state index in [4.69, 9.17) is 0 Å². The summed E-state index contributed by atoms with van der Waals surface area (Å²) in [4.78, 5) is 4.95. The summed E-state index contributed by atoms with van der Waals surface area (Å²) in [6, 6.07) is 10.1. The van der Waals surface area contributed by atoms with Gasteiger partial charge < -0.3 is 10.2 Å². The van der Waals surface area contributed by atoms with Crippen LogP contribution >= 0.6 is 0 Å². The Hall–Kier alpha value is -0.900. The van der Waals surface area contributed by atoms with Crippen molar-refractivity contribution in [2.75, 3.05) is 40.3 Å². The number of nitrogens with one attached hydrogen (secondary N) is 1. The summed E-state index contributed by atoms with van der Waals surface area (Å²) in [5.74, 6) is 0.597. The SMILES string of the molecule is CCNC(c1ccc(C(C)C)cc1)C1CN(C)CCN1C. The zero-order valence-electron chi connectivity index (χ0n) is 14.3. The molecule has 0 radical (unpaired) electrons. The number of hydrogen-bond donors (Lipinski definition) is 1. The molecule has 0 amide bonds. The average Bonchev–Trinajstić information content (AvgIpc) is 2.48. The average molecular weight is 289 g/mol. The largest absolute Gasteiger partial charge is 0.309 e. The first-order valence-corrected chi connectivity index (χ1v) is 8.25. The highest BCUT2D eigenvalue weighted by Gasteiger charge is 2.30. The quantitative estimate of drug-likeness (QED) is 0.899. The van der Waals surface area contributed by atoms with E-state index in [0.717, 1.165) is 26.2 Å². The Morgan fingerprint density at radius 2 is 1.71 bits per heavy atom. The van der Waals surface area contributed by atoms with Gasteiger partial charge in [-0.25, -0.2) is 0 Å². The monoisotopic (exact) mass is 289 g/mol. The molecule has 1 aromatic carbocycles. The van der Waals surface area contributed by atoms with Gasteiger partial charge in [0.2, 0.25) is 0 Å². The fourth-order valence-electron chi connectivity index (χ4n) is 3.19. The maximum atomic E-state index is 3.70. The minimum Gasteiger partial charge on any atom is -0.309 e. The van der Waals surface area contributed by atoms with Gasteiger partial charge in [-0.1, -0.05) is 45.0 Å². The summed E-state index contributed by atoms with van der Waals surface area (Å²) in [6.07, 6.45) is 0. The number of rotatable bonds is 5. The fourth-order valence-corrected chi connectivity index (χ4v) is 3.19. The van der Waals surface area contributed by atoms with Gasteiger partial charge >= 0.3 is 0 Å². The van der Waals surface area contributed by atoms with Crippen molar-refractivity contribution in [1.29, 1.82) is 0 Å². The van der Waals surface area contributed by atoms with Crippen molar-refractivity contribution in [2.24, 2.45) is 0 Å². The van der Waals surface area contributed by atoms with E-state index in [1.807, 2.05) is 0 Å². The molecular formula is C18H31N3. The first kappa shape index (κ1) is 16.5. The van der Waals surface area contributed by atoms with Crippen LogP contribution in [0.2, 0.25) is 0 Å². The third-order valence-electron chi connectivity index (χ3n) is 4.67. The van der Waals surface area contributed by atoms with Gasteiger partial charge in [-0.15, -0.1) is 0 Å². The van der Waals surface area contributed by atoms with Crippen LogP contribution in [0.1, 0.15) is 43.9 Å². The molecule has 1 saturated heterocycles. The Morgan fingerprint density at radius 3 is 2.29 bits per heavy atom. The zero-order valence-corrected chi connectivity index (χ0v) is 14.3. The molecule has 2 atom stereocenters. The Bertz CT molecular complexity index is 427. The van der Waals surface area contributed by atoms with Crippen LogP contribution in [0.15, 0.2) is 24.3 Å². The zero-order chi connectivity index (χ0) is 15.4. The van der Waals surface area contributed by atoms with E-state index >= 15 is 0 Å². The smallest absolute Gasteiger partial charge is 0.0490 e. The molecule has 0 aliphatic carbocycles. The number of hydrogen-bond acceptors (Lipinski definition) is 3. The molecule has 0 bridgehead atoms. The Labute approximate surface area is 130 Å². The standard InChI is InChI=1S/C18H31N3/c1-6-19-18(17-13-20(4)11-12-21(17)5)16-9-7-15(8-10-16)14(2)3/h7-10,14,17-19H,6,11-13H2,1-5H3. The fraction of sp³-hybridized carbons (Fsp3) is 0.667. The van der Waals surface area contributed by atoms with Gasteiger partial charge in [-0.05, 0) is 37.7 Å². The normalized spacial score (nSPS) is 22.7. The molecular weight excluding hydrogens is 258 g/mol. The Balaban J connectivity index is 2.20. The molecule has 0 aromatic heterocycles. The summed E-state index contributed by atoms with van der Waals surface area (Å²) in [5.41, 5.74) is 2.83. The van der Waals surface area contributed by atoms with E-state index in [9.17, 15) is 0 Å². The van der Waals surface area contributed by atoms with Crippen LogP contribution in [0.4, 0.5) is 0 Å². The second-order valence-electron chi connectivity index (χ2n) is 6.67. The molecule has 1 aliphatic heterocycles. The molecule has 21 heavy (non-hydrogen) atoms. The lowest BCUT2D eigenvalue weighted by Crippen LogP contribution is -2.55. The summed E-state index contributed by atoms with van der Waals surface area (Å²) in [5, 5.41) is 3.70. The lowest BCUT2D eigenvalue weighted by molar-refractivity contribution is 0.0880. The molecule has 0 spiro atoms. The maximum absolute atomic E-state index is 3.70. The predicted molar refractivity (Wildman–Crippen MR) is 90.9 cm³/mol. The van der Waals surface area contributed by atoms with Gasteiger partial charge in [0.1, 0.15) is 0 Å². The molecule has 1 fully saturated rings. The minimum absolute atomic E-state index is 0.406. The lowest BCUT2D eigenvalue weighted by atomic mass is 9.93. The number of nitrogens with zero attached hydrogens (tertiary/aromatic N) is 2. The summed E-state index contributed by atoms with van der Waals surface area (Å²) in [7, 11) is 4.48. The number of likely N-dealkylation sites (N-methyl/N-ethyl adjacent to an activating group) is 3. The van der Waals surface area contributed by atoms with Crippen molar-refractivity contribution in [2.45, 2.75) is 38.8 Å². The third kappa shape index (κ3) is 4.06. The highest BCUT2D eigenvalue weighted by molar-refractivity contribution is 5.28. The molecule has 2 rings (SSSR count). The van der Waals surface area contributed by atoms with Crippen molar-refractivity contribution in [3.63, 3.8) is 0 Å². The molecule has 2 unspecified atom stereocenters. The van der Waals surface area contributed by atoms with Crippen molar-refractivity contribution in [3.05, 3.63) is 35.4 Å². The first-order valence-electron chi connectivity index (χ1n) is 8.25. The third-order valence-corrected chi connectivity index (χ3v) is 4.67. The van der Waals surface area contributed by atoms with Crippen LogP contribution in [-0.2, 0) is 0 Å². The van der Waals surface area contributed by atoms with Crippen LogP contribution in [0, 0.1) is 0 Å². The topological polar surface area (TPSA) is 18.5 Å². The first-order chi connectivity index (χ1) is 10.0. The van der Waals surface area contributed by atoms with E-state index in [0.29, 0.717) is 18.0 Å². The molecule has 1 N–H and O–H groups in total. The van der Waals surface area contributed by atoms with Crippen LogP contribution in [0.25, 0.3) is 0 Å². The van der Waals surface area contributed by atoms with Crippen molar-refractivity contribution in [1.82, 2.24) is 15.1 Å². The Kier molecular flexibility index (Phi) is 5.80. The molecule has 0 saturated carbocycles.